The number of methoxy groups -OCH3 is 1. The van der Waals surface area contributed by atoms with Crippen molar-refractivity contribution in [3.05, 3.63) is 0 Å². The largest absolute Gasteiger partial charge is 0.381 e. The summed E-state index contributed by atoms with van der Waals surface area (Å²) in [6.07, 6.45) is 2.76. The van der Waals surface area contributed by atoms with E-state index in [-0.39, 0.29) is 12.0 Å². The van der Waals surface area contributed by atoms with Gasteiger partial charge in [0.15, 0.2) is 0 Å². The van der Waals surface area contributed by atoms with Crippen molar-refractivity contribution in [1.29, 1.82) is 0 Å². The highest BCUT2D eigenvalue weighted by atomic mass is 16.5. The minimum Gasteiger partial charge on any atom is -0.381 e. The van der Waals surface area contributed by atoms with Crippen LogP contribution in [0, 0.1) is 0 Å². The van der Waals surface area contributed by atoms with Crippen LogP contribution < -0.4 is 0 Å². The topological polar surface area (TPSA) is 29.5 Å². The number of carbonyl (C=O) groups excluding carboxylic acids is 1. The number of nitrogens with zero attached hydrogens (tertiary/aromatic N) is 1. The first-order valence-electron chi connectivity index (χ1n) is 4.01. The summed E-state index contributed by atoms with van der Waals surface area (Å²) >= 11 is 0. The quantitative estimate of drug-likeness (QED) is 0.559. The molecule has 1 unspecified atom stereocenters. The van der Waals surface area contributed by atoms with Gasteiger partial charge >= 0.3 is 0 Å². The van der Waals surface area contributed by atoms with Crippen molar-refractivity contribution >= 4 is 5.91 Å². The molecule has 1 rings (SSSR count). The molecule has 3 nitrogen and oxygen atoms in total. The van der Waals surface area contributed by atoms with Crippen LogP contribution in [-0.4, -0.2) is 37.6 Å². The summed E-state index contributed by atoms with van der Waals surface area (Å²) in [6.45, 7) is 0.874. The molecule has 0 bridgehead atoms. The van der Waals surface area contributed by atoms with E-state index in [0.717, 1.165) is 19.4 Å². The fourth-order valence-corrected chi connectivity index (χ4v) is 1.33. The zero-order chi connectivity index (χ0) is 8.27. The lowest BCUT2D eigenvalue weighted by Crippen LogP contribution is -2.27. The molecular weight excluding hydrogens is 142 g/mol. The van der Waals surface area contributed by atoms with Crippen LogP contribution >= 0.6 is 0 Å². The maximum atomic E-state index is 11.2. The molecule has 1 heterocycles. The Kier molecular flexibility index (Phi) is 2.88. The van der Waals surface area contributed by atoms with Gasteiger partial charge in [0.25, 0.3) is 0 Å². The van der Waals surface area contributed by atoms with E-state index < -0.39 is 0 Å². The molecule has 0 radical (unpaired) electrons. The third kappa shape index (κ3) is 2.19. The van der Waals surface area contributed by atoms with Crippen LogP contribution in [0.25, 0.3) is 0 Å². The molecule has 1 atom stereocenters. The van der Waals surface area contributed by atoms with Crippen molar-refractivity contribution in [2.45, 2.75) is 25.4 Å². The number of carbonyl (C=O) groups is 1. The van der Waals surface area contributed by atoms with E-state index in [1.54, 1.807) is 12.0 Å². The van der Waals surface area contributed by atoms with Crippen LogP contribution in [-0.2, 0) is 9.53 Å². The molecule has 1 aliphatic rings. The SMILES string of the molecule is COC1CCCN(C)C(=O)C1. The highest BCUT2D eigenvalue weighted by molar-refractivity contribution is 5.76. The first-order valence-corrected chi connectivity index (χ1v) is 4.01. The Balaban J connectivity index is 2.48. The lowest BCUT2D eigenvalue weighted by molar-refractivity contribution is -0.131. The van der Waals surface area contributed by atoms with Crippen LogP contribution in [0.2, 0.25) is 0 Å². The second kappa shape index (κ2) is 3.72. The van der Waals surface area contributed by atoms with Crippen LogP contribution in [0.15, 0.2) is 0 Å². The second-order valence-corrected chi connectivity index (χ2v) is 3.02. The normalized spacial score (nSPS) is 26.9. The van der Waals surface area contributed by atoms with Crippen molar-refractivity contribution < 1.29 is 9.53 Å². The average molecular weight is 157 g/mol. The van der Waals surface area contributed by atoms with E-state index in [1.165, 1.54) is 0 Å². The standard InChI is InChI=1S/C8H15NO2/c1-9-5-3-4-7(11-2)6-8(9)10/h7H,3-6H2,1-2H3. The summed E-state index contributed by atoms with van der Waals surface area (Å²) in [7, 11) is 3.52. The van der Waals surface area contributed by atoms with E-state index in [4.69, 9.17) is 4.74 Å². The van der Waals surface area contributed by atoms with Crippen LogP contribution in [0.3, 0.4) is 0 Å². The molecular formula is C8H15NO2. The van der Waals surface area contributed by atoms with Crippen LogP contribution in [0.1, 0.15) is 19.3 Å². The average Bonchev–Trinajstić information content (AvgIpc) is 2.15. The number of ether oxygens (including phenoxy) is 1. The zero-order valence-electron chi connectivity index (χ0n) is 7.17. The highest BCUT2D eigenvalue weighted by Crippen LogP contribution is 2.12. The van der Waals surface area contributed by atoms with Crippen molar-refractivity contribution in [2.24, 2.45) is 0 Å². The Morgan fingerprint density at radius 3 is 3.00 bits per heavy atom. The summed E-state index contributed by atoms with van der Waals surface area (Å²) < 4.78 is 5.14. The maximum absolute atomic E-state index is 11.2. The van der Waals surface area contributed by atoms with Gasteiger partial charge in [-0.3, -0.25) is 4.79 Å². The number of hydrogen-bond acceptors (Lipinski definition) is 2. The van der Waals surface area contributed by atoms with Gasteiger partial charge in [-0.15, -0.1) is 0 Å². The fourth-order valence-electron chi connectivity index (χ4n) is 1.33. The zero-order valence-corrected chi connectivity index (χ0v) is 7.17. The molecule has 11 heavy (non-hydrogen) atoms. The minimum absolute atomic E-state index is 0.146. The van der Waals surface area contributed by atoms with Gasteiger partial charge in [0.1, 0.15) is 0 Å². The van der Waals surface area contributed by atoms with Crippen LogP contribution in [0.5, 0.6) is 0 Å². The van der Waals surface area contributed by atoms with E-state index >= 15 is 0 Å². The van der Waals surface area contributed by atoms with Gasteiger partial charge in [-0.25, -0.2) is 0 Å². The lowest BCUT2D eigenvalue weighted by Gasteiger charge is -2.13. The van der Waals surface area contributed by atoms with Gasteiger partial charge < -0.3 is 9.64 Å². The molecule has 1 amide bonds. The molecule has 0 aromatic heterocycles. The predicted octanol–water partition coefficient (Wildman–Crippen LogP) is 0.644. The lowest BCUT2D eigenvalue weighted by atomic mass is 10.1. The Bertz CT molecular complexity index is 147. The molecule has 0 saturated carbocycles. The van der Waals surface area contributed by atoms with E-state index in [0.29, 0.717) is 6.42 Å². The van der Waals surface area contributed by atoms with Gasteiger partial charge in [-0.2, -0.15) is 0 Å². The molecule has 0 aliphatic carbocycles. The summed E-state index contributed by atoms with van der Waals surface area (Å²) in [6, 6.07) is 0. The summed E-state index contributed by atoms with van der Waals surface area (Å²) in [5, 5.41) is 0. The van der Waals surface area contributed by atoms with Gasteiger partial charge in [-0.05, 0) is 12.8 Å². The Morgan fingerprint density at radius 2 is 2.36 bits per heavy atom. The molecule has 0 N–H and O–H groups in total. The Labute approximate surface area is 67.3 Å². The number of amides is 1. The molecule has 0 spiro atoms. The third-order valence-corrected chi connectivity index (χ3v) is 2.18. The monoisotopic (exact) mass is 157 g/mol. The maximum Gasteiger partial charge on any atom is 0.224 e. The van der Waals surface area contributed by atoms with Gasteiger partial charge in [0.2, 0.25) is 5.91 Å². The van der Waals surface area contributed by atoms with Crippen LogP contribution in [0.4, 0.5) is 0 Å². The molecule has 0 aromatic carbocycles. The number of likely N-dealkylation sites (tertiary alicyclic amines) is 1. The smallest absolute Gasteiger partial charge is 0.224 e. The predicted molar refractivity (Wildman–Crippen MR) is 42.3 cm³/mol. The fraction of sp³-hybridized carbons (Fsp3) is 0.875. The Hall–Kier alpha value is -0.570. The molecule has 64 valence electrons. The van der Waals surface area contributed by atoms with E-state index in [2.05, 4.69) is 0 Å². The first kappa shape index (κ1) is 8.53. The summed E-state index contributed by atoms with van der Waals surface area (Å²) in [5.41, 5.74) is 0. The van der Waals surface area contributed by atoms with Gasteiger partial charge in [0, 0.05) is 20.7 Å². The first-order chi connectivity index (χ1) is 5.24. The number of rotatable bonds is 1. The summed E-state index contributed by atoms with van der Waals surface area (Å²) in [4.78, 5) is 13.0. The van der Waals surface area contributed by atoms with Crippen molar-refractivity contribution in [1.82, 2.24) is 4.90 Å². The van der Waals surface area contributed by atoms with E-state index in [9.17, 15) is 4.79 Å². The van der Waals surface area contributed by atoms with E-state index in [1.807, 2.05) is 7.05 Å². The van der Waals surface area contributed by atoms with Gasteiger partial charge in [0.05, 0.1) is 12.5 Å². The van der Waals surface area contributed by atoms with Crippen molar-refractivity contribution in [2.75, 3.05) is 20.7 Å². The molecule has 0 aromatic rings. The third-order valence-electron chi connectivity index (χ3n) is 2.18. The molecule has 1 fully saturated rings. The Morgan fingerprint density at radius 1 is 1.64 bits per heavy atom. The van der Waals surface area contributed by atoms with Gasteiger partial charge in [-0.1, -0.05) is 0 Å². The molecule has 1 aliphatic heterocycles. The molecule has 1 saturated heterocycles. The number of hydrogen-bond donors (Lipinski definition) is 0. The minimum atomic E-state index is 0.146. The summed E-state index contributed by atoms with van der Waals surface area (Å²) in [5.74, 6) is 0.203. The highest BCUT2D eigenvalue weighted by Gasteiger charge is 2.19. The van der Waals surface area contributed by atoms with Crippen molar-refractivity contribution in [3.63, 3.8) is 0 Å². The molecule has 3 heteroatoms. The van der Waals surface area contributed by atoms with Crippen molar-refractivity contribution in [3.8, 4) is 0 Å². The second-order valence-electron chi connectivity index (χ2n) is 3.02.